The number of rotatable bonds is 8. The first-order valence-electron chi connectivity index (χ1n) is 9.40. The van der Waals surface area contributed by atoms with E-state index in [0.717, 1.165) is 36.1 Å². The van der Waals surface area contributed by atoms with Crippen molar-refractivity contribution < 1.29 is 23.9 Å². The second-order valence-electron chi connectivity index (χ2n) is 6.50. The molecule has 2 heterocycles. The maximum atomic E-state index is 12.7. The van der Waals surface area contributed by atoms with E-state index in [0.29, 0.717) is 23.7 Å². The number of nitrogens with one attached hydrogen (secondary N) is 2. The maximum Gasteiger partial charge on any atom is 0.357 e. The third kappa shape index (κ3) is 5.39. The van der Waals surface area contributed by atoms with E-state index in [2.05, 4.69) is 15.6 Å². The average Bonchev–Trinajstić information content (AvgIpc) is 3.10. The van der Waals surface area contributed by atoms with Crippen molar-refractivity contribution in [3.63, 3.8) is 0 Å². The summed E-state index contributed by atoms with van der Waals surface area (Å²) in [6.07, 6.45) is 5.25. The summed E-state index contributed by atoms with van der Waals surface area (Å²) in [6.45, 7) is 0.334. The molecule has 0 saturated carbocycles. The van der Waals surface area contributed by atoms with E-state index in [-0.39, 0.29) is 11.6 Å². The third-order valence-corrected chi connectivity index (χ3v) is 5.66. The molecule has 0 radical (unpaired) electrons. The Morgan fingerprint density at radius 2 is 2.03 bits per heavy atom. The van der Waals surface area contributed by atoms with E-state index in [1.54, 1.807) is 19.2 Å². The lowest BCUT2D eigenvalue weighted by atomic mass is 9.95. The molecule has 0 bridgehead atoms. The molecule has 0 atom stereocenters. The Morgan fingerprint density at radius 3 is 2.79 bits per heavy atom. The van der Waals surface area contributed by atoms with Gasteiger partial charge in [-0.05, 0) is 43.4 Å². The molecule has 0 unspecified atom stereocenters. The van der Waals surface area contributed by atoms with Crippen molar-refractivity contribution in [3.8, 4) is 0 Å². The standard InChI is InChI=1S/C20H23N3O5S/c1-27-11-10-22-18(25)17-13-6-2-3-8-15(13)29-19(17)23-16(24)12-28-20(26)14-7-4-5-9-21-14/h4-5,7,9H,2-3,6,8,10-12H2,1H3,(H,22,25)(H,23,24). The monoisotopic (exact) mass is 417 g/mol. The van der Waals surface area contributed by atoms with E-state index in [9.17, 15) is 14.4 Å². The van der Waals surface area contributed by atoms with Crippen LogP contribution in [0.1, 0.15) is 44.1 Å². The largest absolute Gasteiger partial charge is 0.451 e. The Labute approximate surface area is 172 Å². The topological polar surface area (TPSA) is 107 Å². The number of methoxy groups -OCH3 is 1. The minimum atomic E-state index is -0.677. The number of aryl methyl sites for hydroxylation is 1. The molecule has 29 heavy (non-hydrogen) atoms. The fourth-order valence-corrected chi connectivity index (χ4v) is 4.40. The van der Waals surface area contributed by atoms with E-state index in [4.69, 9.17) is 9.47 Å². The van der Waals surface area contributed by atoms with Gasteiger partial charge in [0.25, 0.3) is 11.8 Å². The summed E-state index contributed by atoms with van der Waals surface area (Å²) in [6, 6.07) is 4.85. The summed E-state index contributed by atoms with van der Waals surface area (Å²) in [5.74, 6) is -1.41. The van der Waals surface area contributed by atoms with Gasteiger partial charge in [0.2, 0.25) is 0 Å². The Hall–Kier alpha value is -2.78. The molecule has 8 nitrogen and oxygen atoms in total. The fourth-order valence-electron chi connectivity index (χ4n) is 3.10. The number of fused-ring (bicyclic) bond motifs is 1. The second kappa shape index (κ2) is 10.1. The molecule has 1 aliphatic carbocycles. The molecule has 0 aliphatic heterocycles. The van der Waals surface area contributed by atoms with E-state index >= 15 is 0 Å². The molecule has 0 fully saturated rings. The Morgan fingerprint density at radius 1 is 1.21 bits per heavy atom. The summed E-state index contributed by atoms with van der Waals surface area (Å²) < 4.78 is 9.99. The minimum absolute atomic E-state index is 0.130. The SMILES string of the molecule is COCCNC(=O)c1c(NC(=O)COC(=O)c2ccccn2)sc2c1CCCC2. The number of hydrogen-bond acceptors (Lipinski definition) is 7. The number of ether oxygens (including phenoxy) is 2. The summed E-state index contributed by atoms with van der Waals surface area (Å²) in [5, 5.41) is 6.05. The summed E-state index contributed by atoms with van der Waals surface area (Å²) >= 11 is 1.41. The lowest BCUT2D eigenvalue weighted by Crippen LogP contribution is -2.29. The van der Waals surface area contributed by atoms with Crippen LogP contribution in [-0.2, 0) is 27.1 Å². The van der Waals surface area contributed by atoms with Crippen molar-refractivity contribution >= 4 is 34.1 Å². The van der Waals surface area contributed by atoms with Crippen LogP contribution in [0.15, 0.2) is 24.4 Å². The highest BCUT2D eigenvalue weighted by Gasteiger charge is 2.26. The van der Waals surface area contributed by atoms with E-state index in [1.807, 2.05) is 0 Å². The first-order chi connectivity index (χ1) is 14.1. The van der Waals surface area contributed by atoms with Gasteiger partial charge in [-0.3, -0.25) is 9.59 Å². The Bertz CT molecular complexity index is 882. The number of aromatic nitrogens is 1. The van der Waals surface area contributed by atoms with Crippen LogP contribution in [0, 0.1) is 0 Å². The molecular weight excluding hydrogens is 394 g/mol. The number of amides is 2. The van der Waals surface area contributed by atoms with Crippen LogP contribution in [0.2, 0.25) is 0 Å². The predicted molar refractivity (Wildman–Crippen MR) is 108 cm³/mol. The third-order valence-electron chi connectivity index (χ3n) is 4.45. The molecule has 2 amide bonds. The molecule has 9 heteroatoms. The zero-order chi connectivity index (χ0) is 20.6. The Kier molecular flexibility index (Phi) is 7.31. The lowest BCUT2D eigenvalue weighted by molar-refractivity contribution is -0.119. The molecule has 2 aromatic heterocycles. The number of pyridine rings is 1. The van der Waals surface area contributed by atoms with Crippen molar-refractivity contribution in [3.05, 3.63) is 46.1 Å². The predicted octanol–water partition coefficient (Wildman–Crippen LogP) is 2.19. The van der Waals surface area contributed by atoms with Gasteiger partial charge in [0.15, 0.2) is 6.61 Å². The van der Waals surface area contributed by atoms with Crippen LogP contribution in [0.3, 0.4) is 0 Å². The fraction of sp³-hybridized carbons (Fsp3) is 0.400. The first-order valence-corrected chi connectivity index (χ1v) is 10.2. The van der Waals surface area contributed by atoms with Crippen molar-refractivity contribution in [2.24, 2.45) is 0 Å². The van der Waals surface area contributed by atoms with Crippen LogP contribution in [-0.4, -0.2) is 49.6 Å². The number of carbonyl (C=O) groups excluding carboxylic acids is 3. The van der Waals surface area contributed by atoms with Gasteiger partial charge < -0.3 is 20.1 Å². The molecular formula is C20H23N3O5S. The van der Waals surface area contributed by atoms with E-state index < -0.39 is 18.5 Å². The van der Waals surface area contributed by atoms with Crippen molar-refractivity contribution in [2.75, 3.05) is 32.2 Å². The second-order valence-corrected chi connectivity index (χ2v) is 7.61. The highest BCUT2D eigenvalue weighted by Crippen LogP contribution is 2.38. The number of nitrogens with zero attached hydrogens (tertiary/aromatic N) is 1. The highest BCUT2D eigenvalue weighted by atomic mass is 32.1. The molecule has 2 aromatic rings. The zero-order valence-corrected chi connectivity index (χ0v) is 17.0. The van der Waals surface area contributed by atoms with Crippen LogP contribution >= 0.6 is 11.3 Å². The number of carbonyl (C=O) groups is 3. The molecule has 3 rings (SSSR count). The minimum Gasteiger partial charge on any atom is -0.451 e. The van der Waals surface area contributed by atoms with Gasteiger partial charge >= 0.3 is 5.97 Å². The van der Waals surface area contributed by atoms with Crippen molar-refractivity contribution in [1.82, 2.24) is 10.3 Å². The zero-order valence-electron chi connectivity index (χ0n) is 16.2. The molecule has 1 aliphatic rings. The van der Waals surface area contributed by atoms with Gasteiger partial charge in [0.1, 0.15) is 10.7 Å². The number of anilines is 1. The number of esters is 1. The summed E-state index contributed by atoms with van der Waals surface area (Å²) in [7, 11) is 1.57. The smallest absolute Gasteiger partial charge is 0.357 e. The quantitative estimate of drug-likeness (QED) is 0.504. The Balaban J connectivity index is 1.67. The van der Waals surface area contributed by atoms with Gasteiger partial charge in [-0.25, -0.2) is 9.78 Å². The van der Waals surface area contributed by atoms with Gasteiger partial charge in [0, 0.05) is 24.7 Å². The molecule has 154 valence electrons. The molecule has 0 saturated heterocycles. The summed E-state index contributed by atoms with van der Waals surface area (Å²) in [5.41, 5.74) is 1.63. The van der Waals surface area contributed by atoms with Crippen LogP contribution in [0.5, 0.6) is 0 Å². The maximum absolute atomic E-state index is 12.7. The van der Waals surface area contributed by atoms with Gasteiger partial charge in [0.05, 0.1) is 12.2 Å². The first kappa shape index (κ1) is 20.9. The average molecular weight is 417 g/mol. The normalized spacial score (nSPS) is 12.7. The van der Waals surface area contributed by atoms with Gasteiger partial charge in [-0.15, -0.1) is 11.3 Å². The van der Waals surface area contributed by atoms with E-state index in [1.165, 1.54) is 23.6 Å². The molecule has 0 spiro atoms. The highest BCUT2D eigenvalue weighted by molar-refractivity contribution is 7.17. The van der Waals surface area contributed by atoms with Crippen molar-refractivity contribution in [1.29, 1.82) is 0 Å². The van der Waals surface area contributed by atoms with Gasteiger partial charge in [-0.1, -0.05) is 6.07 Å². The molecule has 0 aromatic carbocycles. The summed E-state index contributed by atoms with van der Waals surface area (Å²) in [4.78, 5) is 42.0. The lowest BCUT2D eigenvalue weighted by Gasteiger charge is -2.13. The molecule has 2 N–H and O–H groups in total. The van der Waals surface area contributed by atoms with Crippen LogP contribution in [0.4, 0.5) is 5.00 Å². The number of hydrogen-bond donors (Lipinski definition) is 2. The van der Waals surface area contributed by atoms with Crippen LogP contribution < -0.4 is 10.6 Å². The van der Waals surface area contributed by atoms with Crippen LogP contribution in [0.25, 0.3) is 0 Å². The van der Waals surface area contributed by atoms with Gasteiger partial charge in [-0.2, -0.15) is 0 Å². The van der Waals surface area contributed by atoms with Crippen molar-refractivity contribution in [2.45, 2.75) is 25.7 Å². The number of thiophene rings is 1.